The number of hydrogen-bond donors (Lipinski definition) is 2. The highest BCUT2D eigenvalue weighted by atomic mass is 79.9. The lowest BCUT2D eigenvalue weighted by Crippen LogP contribution is -2.48. The highest BCUT2D eigenvalue weighted by Gasteiger charge is 2.20. The molecule has 0 aliphatic carbocycles. The third kappa shape index (κ3) is 4.88. The topological polar surface area (TPSA) is 75.3 Å². The zero-order chi connectivity index (χ0) is 14.6. The molecular weight excluding hydrogens is 344 g/mol. The van der Waals surface area contributed by atoms with Crippen LogP contribution in [0.4, 0.5) is 0 Å². The maximum Gasteiger partial charge on any atom is 0.235 e. The van der Waals surface area contributed by atoms with Crippen molar-refractivity contribution in [3.8, 4) is 0 Å². The molecule has 20 heavy (non-hydrogen) atoms. The fourth-order valence-electron chi connectivity index (χ4n) is 1.89. The maximum absolute atomic E-state index is 11.9. The minimum atomic E-state index is -3.43. The van der Waals surface area contributed by atoms with Gasteiger partial charge in [-0.05, 0) is 17.7 Å². The first kappa shape index (κ1) is 15.5. The van der Waals surface area contributed by atoms with Crippen molar-refractivity contribution in [1.29, 1.82) is 0 Å². The zero-order valence-electron chi connectivity index (χ0n) is 10.9. The summed E-state index contributed by atoms with van der Waals surface area (Å²) < 4.78 is 24.8. The lowest BCUT2D eigenvalue weighted by molar-refractivity contribution is -0.118. The number of amides is 1. The van der Waals surface area contributed by atoms with Gasteiger partial charge in [0.15, 0.2) is 9.84 Å². The standard InChI is InChI=1S/C13H17BrN2O3S/c14-12-3-1-10(2-4-12)8-20(18,19)9-13(17)16-7-11-5-15-6-11/h1-4,11,15H,5-9H2,(H,16,17). The Bertz CT molecular complexity index is 568. The summed E-state index contributed by atoms with van der Waals surface area (Å²) in [6.07, 6.45) is 0. The van der Waals surface area contributed by atoms with E-state index in [1.54, 1.807) is 24.3 Å². The first-order valence-corrected chi connectivity index (χ1v) is 8.98. The van der Waals surface area contributed by atoms with E-state index in [0.29, 0.717) is 18.0 Å². The van der Waals surface area contributed by atoms with E-state index in [2.05, 4.69) is 26.6 Å². The minimum Gasteiger partial charge on any atom is -0.355 e. The maximum atomic E-state index is 11.9. The Labute approximate surface area is 127 Å². The summed E-state index contributed by atoms with van der Waals surface area (Å²) in [5.41, 5.74) is 0.684. The van der Waals surface area contributed by atoms with Gasteiger partial charge in [-0.15, -0.1) is 0 Å². The lowest BCUT2D eigenvalue weighted by Gasteiger charge is -2.27. The van der Waals surface area contributed by atoms with Crippen molar-refractivity contribution in [2.45, 2.75) is 5.75 Å². The molecule has 1 aliphatic rings. The van der Waals surface area contributed by atoms with E-state index in [-0.39, 0.29) is 5.75 Å². The van der Waals surface area contributed by atoms with Crippen LogP contribution in [0.25, 0.3) is 0 Å². The second-order valence-corrected chi connectivity index (χ2v) is 7.97. The van der Waals surface area contributed by atoms with Crippen molar-refractivity contribution >= 4 is 31.7 Å². The molecule has 0 spiro atoms. The van der Waals surface area contributed by atoms with Crippen LogP contribution in [-0.2, 0) is 20.4 Å². The minimum absolute atomic E-state index is 0.112. The van der Waals surface area contributed by atoms with Crippen molar-refractivity contribution in [1.82, 2.24) is 10.6 Å². The van der Waals surface area contributed by atoms with Crippen molar-refractivity contribution in [3.05, 3.63) is 34.3 Å². The van der Waals surface area contributed by atoms with E-state index in [9.17, 15) is 13.2 Å². The fourth-order valence-corrected chi connectivity index (χ4v) is 3.46. The molecule has 7 heteroatoms. The van der Waals surface area contributed by atoms with Gasteiger partial charge in [0.05, 0.1) is 5.75 Å². The molecule has 0 unspecified atom stereocenters. The van der Waals surface area contributed by atoms with E-state index in [4.69, 9.17) is 0 Å². The number of sulfone groups is 1. The molecule has 1 fully saturated rings. The summed E-state index contributed by atoms with van der Waals surface area (Å²) in [6.45, 7) is 2.30. The number of halogens is 1. The van der Waals surface area contributed by atoms with Crippen molar-refractivity contribution in [2.24, 2.45) is 5.92 Å². The van der Waals surface area contributed by atoms with Crippen molar-refractivity contribution in [2.75, 3.05) is 25.4 Å². The van der Waals surface area contributed by atoms with Gasteiger partial charge in [0.25, 0.3) is 0 Å². The van der Waals surface area contributed by atoms with Crippen LogP contribution in [0.1, 0.15) is 5.56 Å². The summed E-state index contributed by atoms with van der Waals surface area (Å²) in [6, 6.07) is 7.04. The molecule has 1 aromatic rings. The van der Waals surface area contributed by atoms with Crippen LogP contribution in [0.3, 0.4) is 0 Å². The molecule has 1 aromatic carbocycles. The van der Waals surface area contributed by atoms with E-state index in [0.717, 1.165) is 17.6 Å². The van der Waals surface area contributed by atoms with Crippen LogP contribution < -0.4 is 10.6 Å². The van der Waals surface area contributed by atoms with Crippen LogP contribution in [0.5, 0.6) is 0 Å². The Hall–Kier alpha value is -0.920. The Morgan fingerprint density at radius 2 is 1.95 bits per heavy atom. The van der Waals surface area contributed by atoms with E-state index in [1.165, 1.54) is 0 Å². The molecular formula is C13H17BrN2O3S. The normalized spacial score (nSPS) is 15.7. The van der Waals surface area contributed by atoms with Gasteiger partial charge in [-0.1, -0.05) is 28.1 Å². The summed E-state index contributed by atoms with van der Waals surface area (Å²) in [4.78, 5) is 11.6. The van der Waals surface area contributed by atoms with Crippen molar-refractivity contribution in [3.63, 3.8) is 0 Å². The highest BCUT2D eigenvalue weighted by Crippen LogP contribution is 2.13. The predicted molar refractivity (Wildman–Crippen MR) is 81.0 cm³/mol. The van der Waals surface area contributed by atoms with E-state index in [1.807, 2.05) is 0 Å². The molecule has 5 nitrogen and oxygen atoms in total. The van der Waals surface area contributed by atoms with Crippen LogP contribution in [0.2, 0.25) is 0 Å². The van der Waals surface area contributed by atoms with Gasteiger partial charge in [0, 0.05) is 30.0 Å². The lowest BCUT2D eigenvalue weighted by atomic mass is 10.0. The molecule has 110 valence electrons. The smallest absolute Gasteiger partial charge is 0.235 e. The number of carbonyl (C=O) groups is 1. The summed E-state index contributed by atoms with van der Waals surface area (Å²) in [5, 5.41) is 5.77. The molecule has 1 heterocycles. The molecule has 1 aliphatic heterocycles. The molecule has 1 saturated heterocycles. The highest BCUT2D eigenvalue weighted by molar-refractivity contribution is 9.10. The average molecular weight is 361 g/mol. The average Bonchev–Trinajstić information content (AvgIpc) is 2.29. The molecule has 2 rings (SSSR count). The predicted octanol–water partition coefficient (Wildman–Crippen LogP) is 0.700. The molecule has 0 radical (unpaired) electrons. The summed E-state index contributed by atoms with van der Waals surface area (Å²) in [5.74, 6) is -0.566. The zero-order valence-corrected chi connectivity index (χ0v) is 13.3. The van der Waals surface area contributed by atoms with Gasteiger partial charge in [0.1, 0.15) is 5.75 Å². The monoisotopic (exact) mass is 360 g/mol. The van der Waals surface area contributed by atoms with Gasteiger partial charge in [-0.3, -0.25) is 4.79 Å². The number of hydrogen-bond acceptors (Lipinski definition) is 4. The van der Waals surface area contributed by atoms with Crippen LogP contribution in [-0.4, -0.2) is 39.7 Å². The Morgan fingerprint density at radius 3 is 2.50 bits per heavy atom. The molecule has 0 saturated carbocycles. The largest absolute Gasteiger partial charge is 0.355 e. The number of nitrogens with one attached hydrogen (secondary N) is 2. The fraction of sp³-hybridized carbons (Fsp3) is 0.462. The first-order valence-electron chi connectivity index (χ1n) is 6.37. The van der Waals surface area contributed by atoms with Crippen molar-refractivity contribution < 1.29 is 13.2 Å². The molecule has 1 amide bonds. The number of carbonyl (C=O) groups excluding carboxylic acids is 1. The van der Waals surface area contributed by atoms with Crippen LogP contribution in [0.15, 0.2) is 28.7 Å². The third-order valence-electron chi connectivity index (χ3n) is 3.10. The van der Waals surface area contributed by atoms with Gasteiger partial charge in [0.2, 0.25) is 5.91 Å². The van der Waals surface area contributed by atoms with E-state index >= 15 is 0 Å². The van der Waals surface area contributed by atoms with E-state index < -0.39 is 21.5 Å². The Morgan fingerprint density at radius 1 is 1.30 bits per heavy atom. The molecule has 0 aromatic heterocycles. The third-order valence-corrected chi connectivity index (χ3v) is 5.11. The van der Waals surface area contributed by atoms with Gasteiger partial charge >= 0.3 is 0 Å². The summed E-state index contributed by atoms with van der Waals surface area (Å²) in [7, 11) is -3.43. The van der Waals surface area contributed by atoms with Crippen LogP contribution >= 0.6 is 15.9 Å². The second kappa shape index (κ2) is 6.69. The number of benzene rings is 1. The molecule has 0 bridgehead atoms. The SMILES string of the molecule is O=C(CS(=O)(=O)Cc1ccc(Br)cc1)NCC1CNC1. The number of rotatable bonds is 6. The Kier molecular flexibility index (Phi) is 5.17. The van der Waals surface area contributed by atoms with Gasteiger partial charge in [-0.25, -0.2) is 8.42 Å². The molecule has 2 N–H and O–H groups in total. The second-order valence-electron chi connectivity index (χ2n) is 4.99. The van der Waals surface area contributed by atoms with Gasteiger partial charge in [-0.2, -0.15) is 0 Å². The summed E-state index contributed by atoms with van der Waals surface area (Å²) >= 11 is 3.29. The molecule has 0 atom stereocenters. The van der Waals surface area contributed by atoms with Gasteiger partial charge < -0.3 is 10.6 Å². The quantitative estimate of drug-likeness (QED) is 0.782. The van der Waals surface area contributed by atoms with Crippen LogP contribution in [0, 0.1) is 5.92 Å². The first-order chi connectivity index (χ1) is 9.44. The Balaban J connectivity index is 1.83.